The standard InChI is InChI=1S/C14H9BrClFN2S/c15-9-3-1-8(2-4-9)7-19-13-6-11(17)10(16)5-12(13)18-14(19)20/h1-6H,7H2,(H,18,20). The first kappa shape index (κ1) is 13.8. The highest BCUT2D eigenvalue weighted by Crippen LogP contribution is 2.23. The van der Waals surface area contributed by atoms with E-state index < -0.39 is 5.82 Å². The Hall–Kier alpha value is -1.17. The summed E-state index contributed by atoms with van der Waals surface area (Å²) in [7, 11) is 0. The van der Waals surface area contributed by atoms with Crippen LogP contribution in [0.2, 0.25) is 5.02 Å². The summed E-state index contributed by atoms with van der Waals surface area (Å²) in [5.74, 6) is -0.447. The lowest BCUT2D eigenvalue weighted by molar-refractivity contribution is 0.629. The zero-order valence-corrected chi connectivity index (χ0v) is 13.3. The van der Waals surface area contributed by atoms with E-state index in [1.54, 1.807) is 6.07 Å². The van der Waals surface area contributed by atoms with Crippen molar-refractivity contribution in [2.24, 2.45) is 0 Å². The fourth-order valence-corrected chi connectivity index (χ4v) is 2.78. The molecule has 0 aliphatic carbocycles. The Bertz CT molecular complexity index is 839. The lowest BCUT2D eigenvalue weighted by Gasteiger charge is -2.05. The van der Waals surface area contributed by atoms with Crippen LogP contribution in [-0.2, 0) is 6.54 Å². The molecule has 0 fully saturated rings. The minimum Gasteiger partial charge on any atom is -0.331 e. The van der Waals surface area contributed by atoms with Gasteiger partial charge >= 0.3 is 0 Å². The van der Waals surface area contributed by atoms with Crippen molar-refractivity contribution in [3.05, 3.63) is 62.0 Å². The van der Waals surface area contributed by atoms with E-state index in [1.165, 1.54) is 6.07 Å². The molecule has 0 radical (unpaired) electrons. The van der Waals surface area contributed by atoms with Gasteiger partial charge in [-0.2, -0.15) is 0 Å². The van der Waals surface area contributed by atoms with Crippen LogP contribution in [0.4, 0.5) is 4.39 Å². The van der Waals surface area contributed by atoms with Crippen LogP contribution in [-0.4, -0.2) is 9.55 Å². The van der Waals surface area contributed by atoms with Crippen molar-refractivity contribution in [1.82, 2.24) is 9.55 Å². The van der Waals surface area contributed by atoms with E-state index in [9.17, 15) is 4.39 Å². The summed E-state index contributed by atoms with van der Waals surface area (Å²) in [6.45, 7) is 0.577. The van der Waals surface area contributed by atoms with Gasteiger partial charge in [-0.05, 0) is 36.0 Å². The second-order valence-electron chi connectivity index (χ2n) is 4.43. The molecule has 0 saturated carbocycles. The highest BCUT2D eigenvalue weighted by molar-refractivity contribution is 9.10. The SMILES string of the molecule is Fc1cc2c(cc1Cl)[nH]c(=S)n2Cc1ccc(Br)cc1. The third kappa shape index (κ3) is 2.53. The van der Waals surface area contributed by atoms with Crippen molar-refractivity contribution in [3.8, 4) is 0 Å². The predicted molar refractivity (Wildman–Crippen MR) is 85.3 cm³/mol. The summed E-state index contributed by atoms with van der Waals surface area (Å²) >= 11 is 14.5. The number of nitrogens with one attached hydrogen (secondary N) is 1. The monoisotopic (exact) mass is 370 g/mol. The predicted octanol–water partition coefficient (Wildman–Crippen LogP) is 5.30. The molecule has 102 valence electrons. The Labute approximate surface area is 133 Å². The largest absolute Gasteiger partial charge is 0.331 e. The van der Waals surface area contributed by atoms with Gasteiger partial charge in [0.15, 0.2) is 4.77 Å². The molecule has 0 spiro atoms. The minimum absolute atomic E-state index is 0.0875. The number of halogens is 3. The Kier molecular flexibility index (Phi) is 3.67. The molecule has 6 heteroatoms. The quantitative estimate of drug-likeness (QED) is 0.606. The number of imidazole rings is 1. The molecule has 0 amide bonds. The van der Waals surface area contributed by atoms with Crippen LogP contribution in [0.3, 0.4) is 0 Å². The van der Waals surface area contributed by atoms with E-state index in [0.29, 0.717) is 16.8 Å². The maximum absolute atomic E-state index is 13.6. The van der Waals surface area contributed by atoms with E-state index in [4.69, 9.17) is 23.8 Å². The molecule has 0 saturated heterocycles. The lowest BCUT2D eigenvalue weighted by atomic mass is 10.2. The molecule has 1 aromatic heterocycles. The first-order chi connectivity index (χ1) is 9.54. The van der Waals surface area contributed by atoms with Crippen molar-refractivity contribution in [3.63, 3.8) is 0 Å². The number of aromatic amines is 1. The van der Waals surface area contributed by atoms with Crippen molar-refractivity contribution in [1.29, 1.82) is 0 Å². The van der Waals surface area contributed by atoms with Crippen LogP contribution < -0.4 is 0 Å². The Morgan fingerprint density at radius 1 is 1.25 bits per heavy atom. The van der Waals surface area contributed by atoms with E-state index in [-0.39, 0.29) is 5.02 Å². The van der Waals surface area contributed by atoms with Crippen LogP contribution in [0.15, 0.2) is 40.9 Å². The number of hydrogen-bond donors (Lipinski definition) is 1. The number of aromatic nitrogens is 2. The second-order valence-corrected chi connectivity index (χ2v) is 6.14. The maximum Gasteiger partial charge on any atom is 0.178 e. The van der Waals surface area contributed by atoms with Gasteiger partial charge in [0.05, 0.1) is 22.6 Å². The third-order valence-electron chi connectivity index (χ3n) is 3.07. The lowest BCUT2D eigenvalue weighted by Crippen LogP contribution is -1.99. The summed E-state index contributed by atoms with van der Waals surface area (Å²) in [4.78, 5) is 3.04. The van der Waals surface area contributed by atoms with Gasteiger partial charge in [-0.15, -0.1) is 0 Å². The number of nitrogens with zero attached hydrogens (tertiary/aromatic N) is 1. The van der Waals surface area contributed by atoms with Gasteiger partial charge in [0.2, 0.25) is 0 Å². The highest BCUT2D eigenvalue weighted by atomic mass is 79.9. The molecule has 0 aliphatic heterocycles. The number of hydrogen-bond acceptors (Lipinski definition) is 1. The minimum atomic E-state index is -0.447. The van der Waals surface area contributed by atoms with Crippen molar-refractivity contribution in [2.45, 2.75) is 6.54 Å². The van der Waals surface area contributed by atoms with Crippen LogP contribution in [0.5, 0.6) is 0 Å². The van der Waals surface area contributed by atoms with Gasteiger partial charge in [-0.25, -0.2) is 4.39 Å². The average Bonchev–Trinajstić information content (AvgIpc) is 2.69. The zero-order valence-electron chi connectivity index (χ0n) is 10.2. The van der Waals surface area contributed by atoms with Gasteiger partial charge < -0.3 is 9.55 Å². The van der Waals surface area contributed by atoms with E-state index in [1.807, 2.05) is 28.8 Å². The number of rotatable bonds is 2. The van der Waals surface area contributed by atoms with Gasteiger partial charge in [0, 0.05) is 10.5 Å². The smallest absolute Gasteiger partial charge is 0.178 e. The summed E-state index contributed by atoms with van der Waals surface area (Å²) in [6, 6.07) is 10.9. The van der Waals surface area contributed by atoms with Gasteiger partial charge in [-0.3, -0.25) is 0 Å². The topological polar surface area (TPSA) is 20.7 Å². The molecule has 1 heterocycles. The molecule has 0 aliphatic rings. The van der Waals surface area contributed by atoms with Crippen molar-refractivity contribution in [2.75, 3.05) is 0 Å². The molecule has 0 bridgehead atoms. The van der Waals surface area contributed by atoms with Crippen molar-refractivity contribution < 1.29 is 4.39 Å². The first-order valence-corrected chi connectivity index (χ1v) is 7.44. The van der Waals surface area contributed by atoms with E-state index in [0.717, 1.165) is 15.6 Å². The van der Waals surface area contributed by atoms with Gasteiger partial charge in [-0.1, -0.05) is 39.7 Å². The molecule has 0 unspecified atom stereocenters. The van der Waals surface area contributed by atoms with E-state index >= 15 is 0 Å². The molecular weight excluding hydrogens is 363 g/mol. The fraction of sp³-hybridized carbons (Fsp3) is 0.0714. The Morgan fingerprint density at radius 3 is 2.65 bits per heavy atom. The summed E-state index contributed by atoms with van der Waals surface area (Å²) < 4.78 is 17.0. The highest BCUT2D eigenvalue weighted by Gasteiger charge is 2.09. The summed E-state index contributed by atoms with van der Waals surface area (Å²) in [5.41, 5.74) is 2.53. The molecule has 0 atom stereocenters. The van der Waals surface area contributed by atoms with E-state index in [2.05, 4.69) is 20.9 Å². The molecular formula is C14H9BrClFN2S. The molecule has 3 rings (SSSR count). The molecule has 2 nitrogen and oxygen atoms in total. The molecule has 1 N–H and O–H groups in total. The van der Waals surface area contributed by atoms with Crippen LogP contribution in [0.1, 0.15) is 5.56 Å². The third-order valence-corrected chi connectivity index (χ3v) is 4.21. The van der Waals surface area contributed by atoms with Crippen LogP contribution in [0.25, 0.3) is 11.0 Å². The Morgan fingerprint density at radius 2 is 1.95 bits per heavy atom. The first-order valence-electron chi connectivity index (χ1n) is 5.86. The van der Waals surface area contributed by atoms with Crippen molar-refractivity contribution >= 4 is 50.8 Å². The molecule has 2 aromatic carbocycles. The average molecular weight is 372 g/mol. The van der Waals surface area contributed by atoms with Crippen LogP contribution >= 0.6 is 39.7 Å². The zero-order chi connectivity index (χ0) is 14.3. The van der Waals surface area contributed by atoms with Gasteiger partial charge in [0.1, 0.15) is 5.82 Å². The maximum atomic E-state index is 13.6. The molecule has 3 aromatic rings. The Balaban J connectivity index is 2.11. The van der Waals surface area contributed by atoms with Crippen LogP contribution in [0, 0.1) is 10.6 Å². The number of benzene rings is 2. The van der Waals surface area contributed by atoms with Gasteiger partial charge in [0.25, 0.3) is 0 Å². The number of H-pyrrole nitrogens is 1. The fourth-order valence-electron chi connectivity index (χ4n) is 2.08. The second kappa shape index (κ2) is 5.31. The molecule has 20 heavy (non-hydrogen) atoms. The number of fused-ring (bicyclic) bond motifs is 1. The normalized spacial score (nSPS) is 11.2. The summed E-state index contributed by atoms with van der Waals surface area (Å²) in [5, 5.41) is 0.0875. The summed E-state index contributed by atoms with van der Waals surface area (Å²) in [6.07, 6.45) is 0.